The first-order chi connectivity index (χ1) is 11.3. The van der Waals surface area contributed by atoms with Crippen molar-refractivity contribution in [2.45, 2.75) is 19.4 Å². The molecular weight excluding hydrogens is 288 g/mol. The minimum atomic E-state index is 0.160. The number of rotatable bonds is 4. The Morgan fingerprint density at radius 2 is 2.09 bits per heavy atom. The van der Waals surface area contributed by atoms with Crippen molar-refractivity contribution in [1.82, 2.24) is 4.90 Å². The number of amides is 1. The Kier molecular flexibility index (Phi) is 4.19. The molecule has 0 spiro atoms. The lowest BCUT2D eigenvalue weighted by Crippen LogP contribution is -2.35. The van der Waals surface area contributed by atoms with Crippen molar-refractivity contribution in [3.63, 3.8) is 0 Å². The van der Waals surface area contributed by atoms with E-state index in [1.165, 1.54) is 5.56 Å². The number of carbonyl (C=O) groups is 1. The van der Waals surface area contributed by atoms with Gasteiger partial charge in [-0.05, 0) is 42.4 Å². The molecule has 1 N–H and O–H groups in total. The fraction of sp³-hybridized carbons (Fsp3) is 0.526. The molecule has 4 nitrogen and oxygen atoms in total. The average Bonchev–Trinajstić information content (AvgIpc) is 3.19. The molecule has 1 aromatic rings. The van der Waals surface area contributed by atoms with E-state index < -0.39 is 0 Å². The van der Waals surface area contributed by atoms with Gasteiger partial charge in [-0.15, -0.1) is 0 Å². The topological polar surface area (TPSA) is 41.6 Å². The van der Waals surface area contributed by atoms with Gasteiger partial charge in [0.2, 0.25) is 5.91 Å². The lowest BCUT2D eigenvalue weighted by Gasteiger charge is -2.26. The summed E-state index contributed by atoms with van der Waals surface area (Å²) in [4.78, 5) is 14.9. The van der Waals surface area contributed by atoms with E-state index in [9.17, 15) is 4.79 Å². The number of benzene rings is 1. The molecule has 3 aliphatic rings. The molecule has 0 radical (unpaired) electrons. The van der Waals surface area contributed by atoms with Crippen LogP contribution in [0.15, 0.2) is 36.4 Å². The van der Waals surface area contributed by atoms with Crippen LogP contribution in [0, 0.1) is 17.8 Å². The highest BCUT2D eigenvalue weighted by molar-refractivity contribution is 5.93. The van der Waals surface area contributed by atoms with Crippen LogP contribution in [-0.4, -0.2) is 37.1 Å². The summed E-state index contributed by atoms with van der Waals surface area (Å²) < 4.78 is 5.39. The summed E-state index contributed by atoms with van der Waals surface area (Å²) in [5.74, 6) is 1.43. The summed E-state index contributed by atoms with van der Waals surface area (Å²) in [6, 6.07) is 8.26. The van der Waals surface area contributed by atoms with E-state index in [-0.39, 0.29) is 11.8 Å². The summed E-state index contributed by atoms with van der Waals surface area (Å²) in [6.07, 6.45) is 6.68. The highest BCUT2D eigenvalue weighted by Crippen LogP contribution is 2.43. The van der Waals surface area contributed by atoms with Gasteiger partial charge in [-0.1, -0.05) is 24.3 Å². The third-order valence-corrected chi connectivity index (χ3v) is 5.32. The normalized spacial score (nSPS) is 29.8. The van der Waals surface area contributed by atoms with Crippen LogP contribution in [0.1, 0.15) is 18.4 Å². The Morgan fingerprint density at radius 1 is 1.22 bits per heavy atom. The minimum Gasteiger partial charge on any atom is -0.379 e. The van der Waals surface area contributed by atoms with E-state index in [4.69, 9.17) is 4.74 Å². The molecule has 2 bridgehead atoms. The molecule has 1 saturated heterocycles. The summed E-state index contributed by atoms with van der Waals surface area (Å²) in [5, 5.41) is 3.13. The van der Waals surface area contributed by atoms with Crippen molar-refractivity contribution in [3.8, 4) is 0 Å². The van der Waals surface area contributed by atoms with E-state index in [0.717, 1.165) is 51.4 Å². The van der Waals surface area contributed by atoms with Crippen LogP contribution in [0.2, 0.25) is 0 Å². The second-order valence-corrected chi connectivity index (χ2v) is 6.96. The Balaban J connectivity index is 1.38. The molecule has 2 fully saturated rings. The molecule has 0 aromatic heterocycles. The van der Waals surface area contributed by atoms with Crippen molar-refractivity contribution >= 4 is 11.6 Å². The van der Waals surface area contributed by atoms with E-state index in [2.05, 4.69) is 34.5 Å². The molecule has 1 aliphatic heterocycles. The number of hydrogen-bond donors (Lipinski definition) is 1. The van der Waals surface area contributed by atoms with Crippen LogP contribution < -0.4 is 5.32 Å². The van der Waals surface area contributed by atoms with Gasteiger partial charge in [0.1, 0.15) is 0 Å². The molecule has 3 atom stereocenters. The van der Waals surface area contributed by atoms with Gasteiger partial charge in [0.15, 0.2) is 0 Å². The van der Waals surface area contributed by atoms with Gasteiger partial charge in [0.25, 0.3) is 0 Å². The summed E-state index contributed by atoms with van der Waals surface area (Å²) in [6.45, 7) is 4.51. The van der Waals surface area contributed by atoms with Gasteiger partial charge in [-0.3, -0.25) is 9.69 Å². The maximum atomic E-state index is 12.5. The van der Waals surface area contributed by atoms with Crippen LogP contribution >= 0.6 is 0 Å². The zero-order valence-corrected chi connectivity index (χ0v) is 13.4. The number of hydrogen-bond acceptors (Lipinski definition) is 3. The lowest BCUT2D eigenvalue weighted by molar-refractivity contribution is -0.120. The molecule has 4 rings (SSSR count). The molecule has 0 unspecified atom stereocenters. The summed E-state index contributed by atoms with van der Waals surface area (Å²) in [5.41, 5.74) is 2.17. The highest BCUT2D eigenvalue weighted by Gasteiger charge is 2.39. The van der Waals surface area contributed by atoms with Gasteiger partial charge in [-0.2, -0.15) is 0 Å². The number of morpholine rings is 1. The van der Waals surface area contributed by atoms with Crippen LogP contribution in [-0.2, 0) is 16.1 Å². The zero-order chi connectivity index (χ0) is 15.6. The van der Waals surface area contributed by atoms with Gasteiger partial charge in [0.05, 0.1) is 13.2 Å². The molecule has 1 saturated carbocycles. The van der Waals surface area contributed by atoms with Crippen molar-refractivity contribution in [3.05, 3.63) is 42.0 Å². The molecule has 1 amide bonds. The smallest absolute Gasteiger partial charge is 0.228 e. The molecule has 1 aromatic carbocycles. The molecule has 122 valence electrons. The number of allylic oxidation sites excluding steroid dienone is 2. The Labute approximate surface area is 137 Å². The number of fused-ring (bicyclic) bond motifs is 2. The van der Waals surface area contributed by atoms with Crippen molar-refractivity contribution in [2.24, 2.45) is 17.8 Å². The monoisotopic (exact) mass is 312 g/mol. The first-order valence-electron chi connectivity index (χ1n) is 8.66. The van der Waals surface area contributed by atoms with Crippen LogP contribution in [0.4, 0.5) is 5.69 Å². The van der Waals surface area contributed by atoms with Gasteiger partial charge < -0.3 is 10.1 Å². The third-order valence-electron chi connectivity index (χ3n) is 5.32. The number of ether oxygens (including phenoxy) is 1. The Hall–Kier alpha value is -1.65. The number of nitrogens with one attached hydrogen (secondary N) is 1. The number of nitrogens with zero attached hydrogens (tertiary/aromatic N) is 1. The average molecular weight is 312 g/mol. The van der Waals surface area contributed by atoms with Crippen molar-refractivity contribution < 1.29 is 9.53 Å². The lowest BCUT2D eigenvalue weighted by atomic mass is 9.93. The maximum absolute atomic E-state index is 12.5. The number of anilines is 1. The molecule has 4 heteroatoms. The molecule has 1 heterocycles. The molecule has 2 aliphatic carbocycles. The summed E-state index contributed by atoms with van der Waals surface area (Å²) >= 11 is 0. The van der Waals surface area contributed by atoms with Crippen LogP contribution in [0.5, 0.6) is 0 Å². The van der Waals surface area contributed by atoms with Crippen molar-refractivity contribution in [2.75, 3.05) is 31.6 Å². The quantitative estimate of drug-likeness (QED) is 0.869. The second-order valence-electron chi connectivity index (χ2n) is 6.96. The minimum absolute atomic E-state index is 0.160. The fourth-order valence-corrected chi connectivity index (χ4v) is 4.08. The predicted octanol–water partition coefficient (Wildman–Crippen LogP) is 2.67. The Morgan fingerprint density at radius 3 is 2.83 bits per heavy atom. The summed E-state index contributed by atoms with van der Waals surface area (Å²) in [7, 11) is 0. The van der Waals surface area contributed by atoms with Crippen LogP contribution in [0.3, 0.4) is 0 Å². The SMILES string of the molecule is O=C(Nc1cccc(CN2CCOCC2)c1)[C@H]1C[C@H]2C=C[C@H]1C2. The standard InChI is InChI=1S/C19H24N2O2/c22-19(18-12-14-4-5-16(18)10-14)20-17-3-1-2-15(11-17)13-21-6-8-23-9-7-21/h1-5,11,14,16,18H,6-10,12-13H2,(H,20,22)/t14-,16-,18-/m0/s1. The van der Waals surface area contributed by atoms with E-state index >= 15 is 0 Å². The fourth-order valence-electron chi connectivity index (χ4n) is 4.08. The zero-order valence-electron chi connectivity index (χ0n) is 13.4. The predicted molar refractivity (Wildman–Crippen MR) is 90.0 cm³/mol. The van der Waals surface area contributed by atoms with E-state index in [1.807, 2.05) is 12.1 Å². The van der Waals surface area contributed by atoms with Crippen LogP contribution in [0.25, 0.3) is 0 Å². The van der Waals surface area contributed by atoms with E-state index in [0.29, 0.717) is 11.8 Å². The number of carbonyl (C=O) groups excluding carboxylic acids is 1. The van der Waals surface area contributed by atoms with Gasteiger partial charge in [0, 0.05) is 31.2 Å². The Bertz CT molecular complexity index is 607. The van der Waals surface area contributed by atoms with Crippen molar-refractivity contribution in [1.29, 1.82) is 0 Å². The highest BCUT2D eigenvalue weighted by atomic mass is 16.5. The van der Waals surface area contributed by atoms with Gasteiger partial charge >= 0.3 is 0 Å². The molecule has 23 heavy (non-hydrogen) atoms. The van der Waals surface area contributed by atoms with E-state index in [1.54, 1.807) is 0 Å². The first-order valence-corrected chi connectivity index (χ1v) is 8.66. The first kappa shape index (κ1) is 14.9. The second kappa shape index (κ2) is 6.46. The van der Waals surface area contributed by atoms with Gasteiger partial charge in [-0.25, -0.2) is 0 Å². The largest absolute Gasteiger partial charge is 0.379 e. The maximum Gasteiger partial charge on any atom is 0.228 e. The molecular formula is C19H24N2O2. The third kappa shape index (κ3) is 3.33.